The predicted octanol–water partition coefficient (Wildman–Crippen LogP) is 5.44. The highest BCUT2D eigenvalue weighted by atomic mass is 79.9. The van der Waals surface area contributed by atoms with Crippen LogP contribution >= 0.6 is 27.3 Å². The fourth-order valence-corrected chi connectivity index (χ4v) is 4.45. The van der Waals surface area contributed by atoms with Crippen LogP contribution in [-0.4, -0.2) is 11.0 Å². The van der Waals surface area contributed by atoms with Gasteiger partial charge in [-0.15, -0.1) is 0 Å². The molecule has 1 aliphatic rings. The summed E-state index contributed by atoms with van der Waals surface area (Å²) in [5.41, 5.74) is 1.56. The Morgan fingerprint density at radius 1 is 1.42 bits per heavy atom. The lowest BCUT2D eigenvalue weighted by molar-refractivity contribution is 0.229. The summed E-state index contributed by atoms with van der Waals surface area (Å²) >= 11 is 5.27. The normalized spacial score (nSPS) is 22.6. The molecule has 0 bridgehead atoms. The van der Waals surface area contributed by atoms with Crippen molar-refractivity contribution in [2.75, 3.05) is 5.32 Å². The molecule has 1 aliphatic carbocycles. The maximum absolute atomic E-state index is 4.68. The monoisotopic (exact) mass is 338 g/mol. The van der Waals surface area contributed by atoms with Crippen LogP contribution in [0, 0.1) is 5.41 Å². The Balaban J connectivity index is 1.77. The largest absolute Gasteiger partial charge is 0.359 e. The summed E-state index contributed by atoms with van der Waals surface area (Å²) in [6, 6.07) is 6.84. The van der Waals surface area contributed by atoms with Crippen LogP contribution < -0.4 is 5.32 Å². The number of nitrogens with zero attached hydrogens (tertiary/aromatic N) is 1. The van der Waals surface area contributed by atoms with E-state index in [1.165, 1.54) is 30.4 Å². The van der Waals surface area contributed by atoms with Crippen LogP contribution in [-0.2, 0) is 0 Å². The molecule has 2 aromatic rings. The maximum Gasteiger partial charge on any atom is 0.184 e. The molecule has 1 unspecified atom stereocenters. The van der Waals surface area contributed by atoms with Crippen LogP contribution in [0.15, 0.2) is 22.7 Å². The third-order valence-electron chi connectivity index (χ3n) is 3.88. The third kappa shape index (κ3) is 3.11. The number of nitrogens with one attached hydrogen (secondary N) is 1. The van der Waals surface area contributed by atoms with E-state index in [4.69, 9.17) is 0 Å². The quantitative estimate of drug-likeness (QED) is 0.788. The molecule has 102 valence electrons. The van der Waals surface area contributed by atoms with Gasteiger partial charge in [0.2, 0.25) is 0 Å². The van der Waals surface area contributed by atoms with Crippen molar-refractivity contribution in [3.05, 3.63) is 22.7 Å². The lowest BCUT2D eigenvalue weighted by Gasteiger charge is -2.35. The van der Waals surface area contributed by atoms with E-state index in [1.54, 1.807) is 11.3 Å². The van der Waals surface area contributed by atoms with Crippen molar-refractivity contribution in [1.29, 1.82) is 0 Å². The van der Waals surface area contributed by atoms with Crippen molar-refractivity contribution in [2.24, 2.45) is 5.41 Å². The molecule has 0 radical (unpaired) electrons. The number of benzene rings is 1. The SMILES string of the molecule is CC1(C)CCCC(Nc2nc3ccc(Br)cc3s2)C1. The maximum atomic E-state index is 4.68. The highest BCUT2D eigenvalue weighted by molar-refractivity contribution is 9.10. The van der Waals surface area contributed by atoms with Crippen molar-refractivity contribution in [3.8, 4) is 0 Å². The van der Waals surface area contributed by atoms with E-state index in [0.29, 0.717) is 11.5 Å². The number of fused-ring (bicyclic) bond motifs is 1. The lowest BCUT2D eigenvalue weighted by Crippen LogP contribution is -2.31. The van der Waals surface area contributed by atoms with Crippen molar-refractivity contribution < 1.29 is 0 Å². The fourth-order valence-electron chi connectivity index (χ4n) is 2.96. The molecule has 0 saturated heterocycles. The second kappa shape index (κ2) is 5.06. The summed E-state index contributed by atoms with van der Waals surface area (Å²) in [7, 11) is 0. The standard InChI is InChI=1S/C15H19BrN2S/c1-15(2)7-3-4-11(9-15)17-14-18-12-6-5-10(16)8-13(12)19-14/h5-6,8,11H,3-4,7,9H2,1-2H3,(H,17,18). The molecule has 0 amide bonds. The molecule has 3 rings (SSSR count). The van der Waals surface area contributed by atoms with Crippen LogP contribution in [0.4, 0.5) is 5.13 Å². The number of hydrogen-bond acceptors (Lipinski definition) is 3. The van der Waals surface area contributed by atoms with Crippen LogP contribution in [0.5, 0.6) is 0 Å². The van der Waals surface area contributed by atoms with E-state index in [1.807, 2.05) is 0 Å². The first-order chi connectivity index (χ1) is 9.02. The molecular formula is C15H19BrN2S. The van der Waals surface area contributed by atoms with Crippen LogP contribution in [0.2, 0.25) is 0 Å². The van der Waals surface area contributed by atoms with E-state index in [2.05, 4.69) is 58.3 Å². The Hall–Kier alpha value is -0.610. The zero-order chi connectivity index (χ0) is 13.5. The Morgan fingerprint density at radius 2 is 2.26 bits per heavy atom. The zero-order valence-corrected chi connectivity index (χ0v) is 13.8. The smallest absolute Gasteiger partial charge is 0.184 e. The van der Waals surface area contributed by atoms with E-state index < -0.39 is 0 Å². The van der Waals surface area contributed by atoms with Gasteiger partial charge in [-0.3, -0.25) is 0 Å². The molecule has 2 nitrogen and oxygen atoms in total. The van der Waals surface area contributed by atoms with Crippen LogP contribution in [0.1, 0.15) is 39.5 Å². The van der Waals surface area contributed by atoms with Gasteiger partial charge in [0.05, 0.1) is 10.2 Å². The fraction of sp³-hybridized carbons (Fsp3) is 0.533. The minimum atomic E-state index is 0.468. The second-order valence-corrected chi connectivity index (χ2v) is 8.18. The lowest BCUT2D eigenvalue weighted by atomic mass is 9.75. The Labute approximate surface area is 126 Å². The summed E-state index contributed by atoms with van der Waals surface area (Å²) in [5.74, 6) is 0. The summed E-state index contributed by atoms with van der Waals surface area (Å²) < 4.78 is 2.36. The van der Waals surface area contributed by atoms with E-state index in [9.17, 15) is 0 Å². The summed E-state index contributed by atoms with van der Waals surface area (Å²) in [5, 5.41) is 4.70. The van der Waals surface area contributed by atoms with Gasteiger partial charge in [0.15, 0.2) is 5.13 Å². The van der Waals surface area contributed by atoms with Crippen molar-refractivity contribution in [1.82, 2.24) is 4.98 Å². The molecule has 1 atom stereocenters. The molecular weight excluding hydrogens is 320 g/mol. The number of rotatable bonds is 2. The van der Waals surface area contributed by atoms with E-state index in [-0.39, 0.29) is 0 Å². The Morgan fingerprint density at radius 3 is 3.05 bits per heavy atom. The van der Waals surface area contributed by atoms with Gasteiger partial charge in [0.25, 0.3) is 0 Å². The van der Waals surface area contributed by atoms with Crippen LogP contribution in [0.3, 0.4) is 0 Å². The predicted molar refractivity (Wildman–Crippen MR) is 87.0 cm³/mol. The van der Waals surface area contributed by atoms with Gasteiger partial charge in [-0.25, -0.2) is 4.98 Å². The van der Waals surface area contributed by atoms with Crippen molar-refractivity contribution in [3.63, 3.8) is 0 Å². The van der Waals surface area contributed by atoms with Crippen molar-refractivity contribution >= 4 is 42.6 Å². The topological polar surface area (TPSA) is 24.9 Å². The average Bonchev–Trinajstić information content (AvgIpc) is 2.68. The van der Waals surface area contributed by atoms with Gasteiger partial charge in [0, 0.05) is 10.5 Å². The number of thiazole rings is 1. The molecule has 1 N–H and O–H groups in total. The first-order valence-electron chi connectivity index (χ1n) is 6.84. The third-order valence-corrected chi connectivity index (χ3v) is 5.33. The van der Waals surface area contributed by atoms with Gasteiger partial charge < -0.3 is 5.32 Å². The van der Waals surface area contributed by atoms with E-state index >= 15 is 0 Å². The first-order valence-corrected chi connectivity index (χ1v) is 8.45. The number of hydrogen-bond donors (Lipinski definition) is 1. The highest BCUT2D eigenvalue weighted by Gasteiger charge is 2.28. The molecule has 1 saturated carbocycles. The molecule has 1 aromatic carbocycles. The molecule has 4 heteroatoms. The van der Waals surface area contributed by atoms with Gasteiger partial charge >= 0.3 is 0 Å². The molecule has 19 heavy (non-hydrogen) atoms. The molecule has 0 spiro atoms. The summed E-state index contributed by atoms with van der Waals surface area (Å²) in [4.78, 5) is 4.68. The zero-order valence-electron chi connectivity index (χ0n) is 11.4. The molecule has 0 aliphatic heterocycles. The van der Waals surface area contributed by atoms with Gasteiger partial charge in [0.1, 0.15) is 0 Å². The van der Waals surface area contributed by atoms with Gasteiger partial charge in [-0.1, -0.05) is 47.5 Å². The first kappa shape index (κ1) is 13.4. The second-order valence-electron chi connectivity index (χ2n) is 6.23. The minimum Gasteiger partial charge on any atom is -0.359 e. The Kier molecular flexibility index (Phi) is 3.56. The number of anilines is 1. The molecule has 1 heterocycles. The Bertz CT molecular complexity index is 591. The van der Waals surface area contributed by atoms with E-state index in [0.717, 1.165) is 15.1 Å². The summed E-state index contributed by atoms with van der Waals surface area (Å²) in [6.45, 7) is 4.74. The average molecular weight is 339 g/mol. The van der Waals surface area contributed by atoms with Gasteiger partial charge in [-0.05, 0) is 42.9 Å². The molecule has 1 fully saturated rings. The minimum absolute atomic E-state index is 0.468. The van der Waals surface area contributed by atoms with Crippen LogP contribution in [0.25, 0.3) is 10.2 Å². The molecule has 1 aromatic heterocycles. The van der Waals surface area contributed by atoms with Crippen molar-refractivity contribution in [2.45, 2.75) is 45.6 Å². The number of aromatic nitrogens is 1. The number of halogens is 1. The summed E-state index contributed by atoms with van der Waals surface area (Å²) in [6.07, 6.45) is 5.18. The van der Waals surface area contributed by atoms with Gasteiger partial charge in [-0.2, -0.15) is 0 Å². The highest BCUT2D eigenvalue weighted by Crippen LogP contribution is 2.37.